The predicted molar refractivity (Wildman–Crippen MR) is 128 cm³/mol. The van der Waals surface area contributed by atoms with Crippen molar-refractivity contribution in [2.75, 3.05) is 12.4 Å². The van der Waals surface area contributed by atoms with Crippen molar-refractivity contribution in [1.82, 2.24) is 20.1 Å². The monoisotopic (exact) mass is 461 g/mol. The molecular weight excluding hydrogens is 434 g/mol. The van der Waals surface area contributed by atoms with E-state index < -0.39 is 5.54 Å². The van der Waals surface area contributed by atoms with Crippen LogP contribution in [-0.2, 0) is 4.79 Å². The van der Waals surface area contributed by atoms with E-state index in [0.717, 1.165) is 36.3 Å². The topological polar surface area (TPSA) is 92.8 Å². The summed E-state index contributed by atoms with van der Waals surface area (Å²) in [6.45, 7) is 2.55. The minimum Gasteiger partial charge on any atom is -0.494 e. The SMILES string of the molecule is CCOc1ccc(-n2c(SCC(=O)NC3(C#N)CCCCC3)nnc2-c2ccccc2)cc1. The summed E-state index contributed by atoms with van der Waals surface area (Å²) in [6.07, 6.45) is 4.46. The number of carbonyl (C=O) groups excluding carboxylic acids is 1. The first kappa shape index (κ1) is 22.9. The van der Waals surface area contributed by atoms with Crippen LogP contribution in [0, 0.1) is 11.3 Å². The standard InChI is InChI=1S/C25H27N5O2S/c1-2-32-21-13-11-20(12-14-21)30-23(19-9-5-3-6-10-19)28-29-24(30)33-17-22(31)27-25(18-26)15-7-4-8-16-25/h3,5-6,9-14H,2,4,7-8,15-17H2,1H3,(H,27,31). The Bertz CT molecular complexity index is 1120. The van der Waals surface area contributed by atoms with Crippen molar-refractivity contribution < 1.29 is 9.53 Å². The van der Waals surface area contributed by atoms with Gasteiger partial charge in [-0.3, -0.25) is 9.36 Å². The molecule has 1 fully saturated rings. The Morgan fingerprint density at radius 1 is 1.12 bits per heavy atom. The fourth-order valence-corrected chi connectivity index (χ4v) is 4.83. The van der Waals surface area contributed by atoms with Gasteiger partial charge in [0.25, 0.3) is 0 Å². The van der Waals surface area contributed by atoms with E-state index in [-0.39, 0.29) is 11.7 Å². The second-order valence-corrected chi connectivity index (χ2v) is 8.97. The third kappa shape index (κ3) is 5.37. The molecule has 0 bridgehead atoms. The number of aromatic nitrogens is 3. The molecular formula is C25H27N5O2S. The Kier molecular flexibility index (Phi) is 7.30. The molecule has 1 aromatic heterocycles. The number of ether oxygens (including phenoxy) is 1. The lowest BCUT2D eigenvalue weighted by Gasteiger charge is -2.31. The fraction of sp³-hybridized carbons (Fsp3) is 0.360. The van der Waals surface area contributed by atoms with Crippen LogP contribution in [0.4, 0.5) is 0 Å². The van der Waals surface area contributed by atoms with Gasteiger partial charge in [0.15, 0.2) is 11.0 Å². The first-order valence-electron chi connectivity index (χ1n) is 11.2. The minimum atomic E-state index is -0.742. The zero-order valence-electron chi connectivity index (χ0n) is 18.7. The summed E-state index contributed by atoms with van der Waals surface area (Å²) in [5.41, 5.74) is 1.07. The number of hydrogen-bond donors (Lipinski definition) is 1. The fourth-order valence-electron chi connectivity index (χ4n) is 4.08. The largest absolute Gasteiger partial charge is 0.494 e. The van der Waals surface area contributed by atoms with Crippen LogP contribution in [0.3, 0.4) is 0 Å². The number of nitrogens with zero attached hydrogens (tertiary/aromatic N) is 4. The Hall–Kier alpha value is -3.31. The maximum Gasteiger partial charge on any atom is 0.231 e. The van der Waals surface area contributed by atoms with E-state index in [1.54, 1.807) is 0 Å². The molecule has 0 unspecified atom stereocenters. The third-order valence-electron chi connectivity index (χ3n) is 5.70. The van der Waals surface area contributed by atoms with E-state index in [0.29, 0.717) is 30.4 Å². The molecule has 7 nitrogen and oxygen atoms in total. The van der Waals surface area contributed by atoms with E-state index in [4.69, 9.17) is 4.74 Å². The minimum absolute atomic E-state index is 0.160. The van der Waals surface area contributed by atoms with Crippen molar-refractivity contribution in [2.45, 2.75) is 49.7 Å². The number of benzene rings is 2. The quantitative estimate of drug-likeness (QED) is 0.486. The highest BCUT2D eigenvalue weighted by Gasteiger charge is 2.33. The van der Waals surface area contributed by atoms with Crippen LogP contribution in [0.2, 0.25) is 0 Å². The van der Waals surface area contributed by atoms with Crippen LogP contribution >= 0.6 is 11.8 Å². The summed E-state index contributed by atoms with van der Waals surface area (Å²) in [5, 5.41) is 22.0. The van der Waals surface area contributed by atoms with Crippen molar-refractivity contribution in [3.8, 4) is 28.9 Å². The van der Waals surface area contributed by atoms with Gasteiger partial charge in [-0.05, 0) is 44.0 Å². The molecule has 0 aliphatic heterocycles. The van der Waals surface area contributed by atoms with Gasteiger partial charge in [0, 0.05) is 11.3 Å². The summed E-state index contributed by atoms with van der Waals surface area (Å²) in [7, 11) is 0. The zero-order chi connectivity index (χ0) is 23.1. The summed E-state index contributed by atoms with van der Waals surface area (Å²) >= 11 is 1.31. The van der Waals surface area contributed by atoms with Crippen LogP contribution in [-0.4, -0.2) is 38.6 Å². The molecule has 1 saturated carbocycles. The Morgan fingerprint density at radius 3 is 2.52 bits per heavy atom. The van der Waals surface area contributed by atoms with E-state index in [1.165, 1.54) is 11.8 Å². The molecule has 0 atom stereocenters. The maximum absolute atomic E-state index is 12.7. The normalized spacial score (nSPS) is 14.9. The zero-order valence-corrected chi connectivity index (χ0v) is 19.5. The lowest BCUT2D eigenvalue weighted by atomic mass is 9.83. The molecule has 0 radical (unpaired) electrons. The van der Waals surface area contributed by atoms with Gasteiger partial charge < -0.3 is 10.1 Å². The molecule has 170 valence electrons. The van der Waals surface area contributed by atoms with Crippen LogP contribution in [0.5, 0.6) is 5.75 Å². The van der Waals surface area contributed by atoms with Crippen molar-refractivity contribution in [3.63, 3.8) is 0 Å². The van der Waals surface area contributed by atoms with Crippen molar-refractivity contribution in [2.24, 2.45) is 0 Å². The van der Waals surface area contributed by atoms with Crippen LogP contribution < -0.4 is 10.1 Å². The molecule has 33 heavy (non-hydrogen) atoms. The van der Waals surface area contributed by atoms with Gasteiger partial charge in [0.1, 0.15) is 11.3 Å². The molecule has 1 amide bonds. The van der Waals surface area contributed by atoms with E-state index >= 15 is 0 Å². The number of nitrogens with one attached hydrogen (secondary N) is 1. The number of amides is 1. The van der Waals surface area contributed by atoms with E-state index in [9.17, 15) is 10.1 Å². The van der Waals surface area contributed by atoms with E-state index in [1.807, 2.05) is 66.1 Å². The number of thioether (sulfide) groups is 1. The molecule has 0 saturated heterocycles. The Morgan fingerprint density at radius 2 is 1.85 bits per heavy atom. The lowest BCUT2D eigenvalue weighted by Crippen LogP contribution is -2.49. The molecule has 4 rings (SSSR count). The average Bonchev–Trinajstić information content (AvgIpc) is 3.28. The molecule has 1 aliphatic carbocycles. The predicted octanol–water partition coefficient (Wildman–Crippen LogP) is 4.77. The summed E-state index contributed by atoms with van der Waals surface area (Å²) in [5.74, 6) is 1.49. The second kappa shape index (κ2) is 10.5. The Labute approximate surface area is 198 Å². The number of carbonyl (C=O) groups is 1. The van der Waals surface area contributed by atoms with Gasteiger partial charge in [-0.25, -0.2) is 0 Å². The highest BCUT2D eigenvalue weighted by Crippen LogP contribution is 2.30. The van der Waals surface area contributed by atoms with Gasteiger partial charge in [-0.1, -0.05) is 61.4 Å². The molecule has 0 spiro atoms. The molecule has 1 N–H and O–H groups in total. The first-order valence-corrected chi connectivity index (χ1v) is 12.2. The number of rotatable bonds is 8. The van der Waals surface area contributed by atoms with Crippen molar-refractivity contribution in [3.05, 3.63) is 54.6 Å². The van der Waals surface area contributed by atoms with Gasteiger partial charge in [0.2, 0.25) is 5.91 Å². The van der Waals surface area contributed by atoms with Crippen molar-refractivity contribution >= 4 is 17.7 Å². The maximum atomic E-state index is 12.7. The molecule has 1 heterocycles. The van der Waals surface area contributed by atoms with Gasteiger partial charge in [-0.15, -0.1) is 10.2 Å². The second-order valence-electron chi connectivity index (χ2n) is 8.03. The summed E-state index contributed by atoms with van der Waals surface area (Å²) in [4.78, 5) is 12.7. The summed E-state index contributed by atoms with van der Waals surface area (Å²) < 4.78 is 7.52. The molecule has 2 aromatic carbocycles. The van der Waals surface area contributed by atoms with Crippen LogP contribution in [0.1, 0.15) is 39.0 Å². The lowest BCUT2D eigenvalue weighted by molar-refractivity contribution is -0.120. The van der Waals surface area contributed by atoms with Gasteiger partial charge >= 0.3 is 0 Å². The molecule has 3 aromatic rings. The Balaban J connectivity index is 1.57. The van der Waals surface area contributed by atoms with Crippen LogP contribution in [0.15, 0.2) is 59.8 Å². The van der Waals surface area contributed by atoms with Gasteiger partial charge in [0.05, 0.1) is 18.4 Å². The number of hydrogen-bond acceptors (Lipinski definition) is 6. The first-order chi connectivity index (χ1) is 16.1. The summed E-state index contributed by atoms with van der Waals surface area (Å²) in [6, 6.07) is 19.9. The third-order valence-corrected chi connectivity index (χ3v) is 6.63. The highest BCUT2D eigenvalue weighted by molar-refractivity contribution is 7.99. The van der Waals surface area contributed by atoms with E-state index in [2.05, 4.69) is 21.6 Å². The van der Waals surface area contributed by atoms with Crippen LogP contribution in [0.25, 0.3) is 17.1 Å². The van der Waals surface area contributed by atoms with Gasteiger partial charge in [-0.2, -0.15) is 5.26 Å². The highest BCUT2D eigenvalue weighted by atomic mass is 32.2. The molecule has 1 aliphatic rings. The average molecular weight is 462 g/mol. The van der Waals surface area contributed by atoms with Crippen molar-refractivity contribution in [1.29, 1.82) is 5.26 Å². The number of nitriles is 1. The smallest absolute Gasteiger partial charge is 0.231 e. The molecule has 8 heteroatoms.